The number of hydrogen-bond donors (Lipinski definition) is 0. The first-order valence-electron chi connectivity index (χ1n) is 8.78. The second-order valence-corrected chi connectivity index (χ2v) is 7.62. The molecule has 2 aromatic carbocycles. The molecule has 5 rings (SSSR count). The van der Waals surface area contributed by atoms with Crippen LogP contribution in [-0.2, 0) is 0 Å². The van der Waals surface area contributed by atoms with Gasteiger partial charge < -0.3 is 4.42 Å². The Morgan fingerprint density at radius 2 is 2.00 bits per heavy atom. The maximum Gasteiger partial charge on any atom is 0.280 e. The minimum atomic E-state index is -0.427. The van der Waals surface area contributed by atoms with Crippen LogP contribution in [0.15, 0.2) is 63.8 Å². The summed E-state index contributed by atoms with van der Waals surface area (Å²) in [5.41, 5.74) is 2.54. The van der Waals surface area contributed by atoms with Gasteiger partial charge in [-0.15, -0.1) is 0 Å². The second-order valence-electron chi connectivity index (χ2n) is 6.61. The van der Waals surface area contributed by atoms with E-state index in [2.05, 4.69) is 4.98 Å². The van der Waals surface area contributed by atoms with Gasteiger partial charge in [-0.3, -0.25) is 14.9 Å². The summed E-state index contributed by atoms with van der Waals surface area (Å²) in [6.07, 6.45) is 1.64. The van der Waals surface area contributed by atoms with Crippen LogP contribution in [0.25, 0.3) is 33.4 Å². The summed E-state index contributed by atoms with van der Waals surface area (Å²) in [5, 5.41) is 11.4. The molecule has 3 heterocycles. The molecule has 3 aromatic heterocycles. The Labute approximate surface area is 167 Å². The summed E-state index contributed by atoms with van der Waals surface area (Å²) >= 11 is 1.28. The van der Waals surface area contributed by atoms with Gasteiger partial charge in [0.15, 0.2) is 4.96 Å². The first-order valence-corrected chi connectivity index (χ1v) is 9.60. The third-order valence-corrected chi connectivity index (χ3v) is 5.63. The molecule has 0 N–H and O–H groups in total. The van der Waals surface area contributed by atoms with Gasteiger partial charge in [0.1, 0.15) is 16.1 Å². The van der Waals surface area contributed by atoms with Crippen LogP contribution in [0.4, 0.5) is 5.69 Å². The topological polar surface area (TPSA) is 90.7 Å². The first-order chi connectivity index (χ1) is 14.0. The molecule has 29 heavy (non-hydrogen) atoms. The number of hydrogen-bond acceptors (Lipinski definition) is 6. The summed E-state index contributed by atoms with van der Waals surface area (Å²) in [5.74, 6) is 0.822. The van der Waals surface area contributed by atoms with Crippen molar-refractivity contribution in [2.45, 2.75) is 6.92 Å². The molecule has 0 unspecified atom stereocenters. The average Bonchev–Trinajstić information content (AvgIpc) is 3.38. The van der Waals surface area contributed by atoms with Gasteiger partial charge in [-0.25, -0.2) is 9.38 Å². The van der Waals surface area contributed by atoms with E-state index in [1.165, 1.54) is 17.4 Å². The van der Waals surface area contributed by atoms with E-state index >= 15 is 0 Å². The second kappa shape index (κ2) is 6.39. The third-order valence-electron chi connectivity index (χ3n) is 4.66. The molecule has 5 aromatic rings. The van der Waals surface area contributed by atoms with Crippen molar-refractivity contribution in [2.75, 3.05) is 0 Å². The van der Waals surface area contributed by atoms with Crippen molar-refractivity contribution in [2.24, 2.45) is 0 Å². The standard InChI is InChI=1S/C21H13N3O4S/c1-12-6-8-14(17(10-12)24(26)27)18-9-7-13(28-18)11-19-20(25)23-16-5-3-2-4-15(16)22-21(23)29-19/h2-11H,1H3. The third kappa shape index (κ3) is 2.81. The zero-order chi connectivity index (χ0) is 20.1. The van der Waals surface area contributed by atoms with Crippen LogP contribution in [0.2, 0.25) is 0 Å². The Bertz CT molecular complexity index is 1530. The summed E-state index contributed by atoms with van der Waals surface area (Å²) in [6.45, 7) is 1.80. The highest BCUT2D eigenvalue weighted by Gasteiger charge is 2.18. The molecule has 0 aliphatic rings. The molecule has 0 aliphatic carbocycles. The highest BCUT2D eigenvalue weighted by atomic mass is 32.1. The monoisotopic (exact) mass is 403 g/mol. The molecular weight excluding hydrogens is 390 g/mol. The molecule has 0 atom stereocenters. The zero-order valence-corrected chi connectivity index (χ0v) is 16.0. The van der Waals surface area contributed by atoms with Crippen LogP contribution >= 0.6 is 11.3 Å². The molecule has 0 amide bonds. The minimum Gasteiger partial charge on any atom is -0.456 e. The summed E-state index contributed by atoms with van der Waals surface area (Å²) in [6, 6.07) is 15.8. The highest BCUT2D eigenvalue weighted by Crippen LogP contribution is 2.32. The highest BCUT2D eigenvalue weighted by molar-refractivity contribution is 7.15. The molecule has 0 aliphatic heterocycles. The van der Waals surface area contributed by atoms with Gasteiger partial charge >= 0.3 is 0 Å². The van der Waals surface area contributed by atoms with Crippen molar-refractivity contribution in [3.05, 3.63) is 90.9 Å². The van der Waals surface area contributed by atoms with Crippen molar-refractivity contribution in [3.8, 4) is 11.3 Å². The predicted octanol–water partition coefficient (Wildman–Crippen LogP) is 3.93. The smallest absolute Gasteiger partial charge is 0.280 e. The van der Waals surface area contributed by atoms with Gasteiger partial charge in [0.2, 0.25) is 0 Å². The predicted molar refractivity (Wildman–Crippen MR) is 111 cm³/mol. The van der Waals surface area contributed by atoms with Crippen LogP contribution in [0, 0.1) is 17.0 Å². The van der Waals surface area contributed by atoms with E-state index in [0.717, 1.165) is 16.6 Å². The van der Waals surface area contributed by atoms with E-state index in [1.807, 2.05) is 24.3 Å². The maximum atomic E-state index is 12.8. The SMILES string of the molecule is Cc1ccc(-c2ccc(C=c3sc4nc5ccccc5n4c3=O)o2)c([N+](=O)[O-])c1. The van der Waals surface area contributed by atoms with Crippen LogP contribution in [0.5, 0.6) is 0 Å². The first kappa shape index (κ1) is 17.3. The number of nitro groups is 1. The Kier molecular flexibility index (Phi) is 3.82. The summed E-state index contributed by atoms with van der Waals surface area (Å²) < 4.78 is 7.87. The number of benzene rings is 2. The number of fused-ring (bicyclic) bond motifs is 3. The number of aromatic nitrogens is 2. The fraction of sp³-hybridized carbons (Fsp3) is 0.0476. The Balaban J connectivity index is 1.62. The Hall–Kier alpha value is -3.78. The quantitative estimate of drug-likeness (QED) is 0.336. The van der Waals surface area contributed by atoms with Gasteiger partial charge in [-0.05, 0) is 42.8 Å². The maximum absolute atomic E-state index is 12.8. The van der Waals surface area contributed by atoms with E-state index in [9.17, 15) is 14.9 Å². The van der Waals surface area contributed by atoms with Crippen LogP contribution in [-0.4, -0.2) is 14.3 Å². The normalized spacial score (nSPS) is 12.2. The Morgan fingerprint density at radius 3 is 2.83 bits per heavy atom. The van der Waals surface area contributed by atoms with Crippen molar-refractivity contribution < 1.29 is 9.34 Å². The summed E-state index contributed by atoms with van der Waals surface area (Å²) in [4.78, 5) is 28.9. The van der Waals surface area contributed by atoms with E-state index in [0.29, 0.717) is 26.6 Å². The molecule has 0 saturated heterocycles. The lowest BCUT2D eigenvalue weighted by Gasteiger charge is -2.00. The molecule has 8 heteroatoms. The lowest BCUT2D eigenvalue weighted by atomic mass is 10.1. The number of nitrogens with zero attached hydrogens (tertiary/aromatic N) is 3. The van der Waals surface area contributed by atoms with Crippen LogP contribution in [0.1, 0.15) is 11.3 Å². The van der Waals surface area contributed by atoms with E-state index in [4.69, 9.17) is 4.42 Å². The number of nitro benzene ring substituents is 1. The van der Waals surface area contributed by atoms with Crippen molar-refractivity contribution in [3.63, 3.8) is 0 Å². The fourth-order valence-corrected chi connectivity index (χ4v) is 4.28. The van der Waals surface area contributed by atoms with Gasteiger partial charge in [0, 0.05) is 12.1 Å². The van der Waals surface area contributed by atoms with Crippen LogP contribution < -0.4 is 10.1 Å². The number of rotatable bonds is 3. The average molecular weight is 403 g/mol. The number of aryl methyl sites for hydroxylation is 1. The fourth-order valence-electron chi connectivity index (χ4n) is 3.32. The molecular formula is C21H13N3O4S. The van der Waals surface area contributed by atoms with Gasteiger partial charge in [0.25, 0.3) is 11.2 Å². The van der Waals surface area contributed by atoms with Gasteiger partial charge in [-0.1, -0.05) is 29.5 Å². The van der Waals surface area contributed by atoms with Crippen LogP contribution in [0.3, 0.4) is 0 Å². The molecule has 0 fully saturated rings. The molecule has 0 saturated carbocycles. The van der Waals surface area contributed by atoms with E-state index < -0.39 is 4.92 Å². The van der Waals surface area contributed by atoms with Crippen molar-refractivity contribution >= 4 is 39.1 Å². The van der Waals surface area contributed by atoms with Gasteiger partial charge in [-0.2, -0.15) is 0 Å². The van der Waals surface area contributed by atoms with Crippen molar-refractivity contribution in [1.82, 2.24) is 9.38 Å². The number of para-hydroxylation sites is 2. The van der Waals surface area contributed by atoms with E-state index in [1.54, 1.807) is 41.7 Å². The molecule has 0 radical (unpaired) electrons. The molecule has 7 nitrogen and oxygen atoms in total. The lowest BCUT2D eigenvalue weighted by Crippen LogP contribution is -2.22. The van der Waals surface area contributed by atoms with E-state index in [-0.39, 0.29) is 11.2 Å². The number of furan rings is 1. The largest absolute Gasteiger partial charge is 0.456 e. The number of imidazole rings is 1. The summed E-state index contributed by atoms with van der Waals surface area (Å²) in [7, 11) is 0. The zero-order valence-electron chi connectivity index (χ0n) is 15.2. The number of thiazole rings is 1. The molecule has 0 spiro atoms. The Morgan fingerprint density at radius 1 is 1.17 bits per heavy atom. The molecule has 0 bridgehead atoms. The molecule has 142 valence electrons. The van der Waals surface area contributed by atoms with Gasteiger partial charge in [0.05, 0.1) is 21.5 Å². The lowest BCUT2D eigenvalue weighted by molar-refractivity contribution is -0.384. The minimum absolute atomic E-state index is 0.0172. The van der Waals surface area contributed by atoms with Crippen molar-refractivity contribution in [1.29, 1.82) is 0 Å².